The number of hydrogen-bond acceptors (Lipinski definition) is 9. The van der Waals surface area contributed by atoms with Crippen LogP contribution >= 0.6 is 0 Å². The molecule has 0 fully saturated rings. The Balaban J connectivity index is 1.19. The number of alkyl carbamates (subject to hydrolysis) is 2. The molecule has 0 spiro atoms. The van der Waals surface area contributed by atoms with E-state index in [2.05, 4.69) is 38.2 Å². The molecule has 0 radical (unpaired) electrons. The van der Waals surface area contributed by atoms with E-state index in [0.717, 1.165) is 44.5 Å². The normalized spacial score (nSPS) is 13.2. The predicted octanol–water partition coefficient (Wildman–Crippen LogP) is 7.99. The summed E-state index contributed by atoms with van der Waals surface area (Å²) < 4.78 is 16.9. The molecule has 0 unspecified atom stereocenters. The number of rotatable bonds is 15. The fraction of sp³-hybridized carbons (Fsp3) is 0.356. The molecule has 2 atom stereocenters. The molecule has 4 N–H and O–H groups in total. The standard InChI is InChI=1S/C45H51N5O7/c1-28-23-31(51)24-29(2)36(28)26-39(48-44(54)55-27-37-34-19-11-9-17-32(34)33-18-10-12-20-35(33)37)41(52)47-38(21-13-14-22-46-43(53)56-45(3,4)5)42-49-40(50-57-42)25-30-15-7-6-8-16-30/h6-12,15-20,23-24,37-39,51H,13-14,21-22,25-27H2,1-5H3,(H,46,53)(H,47,52)(H,48,54)/t38-,39-/m1/s1. The van der Waals surface area contributed by atoms with Crippen LogP contribution in [0.15, 0.2) is 95.5 Å². The number of aromatic nitrogens is 2. The SMILES string of the molecule is Cc1cc(O)cc(C)c1C[C@@H](NC(=O)OCC1c2ccccc2-c2ccccc21)C(=O)N[C@H](CCCCNC(=O)OC(C)(C)C)c1nc(Cc2ccccc2)no1. The molecular weight excluding hydrogens is 723 g/mol. The van der Waals surface area contributed by atoms with Gasteiger partial charge in [-0.2, -0.15) is 4.98 Å². The Morgan fingerprint density at radius 2 is 1.47 bits per heavy atom. The number of aromatic hydroxyl groups is 1. The van der Waals surface area contributed by atoms with E-state index in [1.807, 2.05) is 80.6 Å². The van der Waals surface area contributed by atoms with Crippen molar-refractivity contribution in [2.45, 2.75) is 90.3 Å². The first-order valence-electron chi connectivity index (χ1n) is 19.4. The number of unbranched alkanes of at least 4 members (excludes halogenated alkanes) is 1. The summed E-state index contributed by atoms with van der Waals surface area (Å²) in [6, 6.07) is 27.4. The van der Waals surface area contributed by atoms with E-state index in [0.29, 0.717) is 38.1 Å². The average molecular weight is 774 g/mol. The quantitative estimate of drug-likeness (QED) is 0.0772. The Morgan fingerprint density at radius 3 is 2.12 bits per heavy atom. The van der Waals surface area contributed by atoms with Crippen LogP contribution in [0.4, 0.5) is 9.59 Å². The fourth-order valence-electron chi connectivity index (χ4n) is 7.26. The molecule has 0 bridgehead atoms. The summed E-state index contributed by atoms with van der Waals surface area (Å²) in [6.45, 7) is 9.56. The van der Waals surface area contributed by atoms with Gasteiger partial charge in [0, 0.05) is 25.3 Å². The number of benzene rings is 4. The van der Waals surface area contributed by atoms with Crippen molar-refractivity contribution >= 4 is 18.1 Å². The van der Waals surface area contributed by atoms with Crippen molar-refractivity contribution in [3.63, 3.8) is 0 Å². The highest BCUT2D eigenvalue weighted by molar-refractivity contribution is 5.86. The van der Waals surface area contributed by atoms with Gasteiger partial charge < -0.3 is 35.1 Å². The van der Waals surface area contributed by atoms with E-state index >= 15 is 0 Å². The van der Waals surface area contributed by atoms with Crippen molar-refractivity contribution in [2.75, 3.05) is 13.2 Å². The Bertz CT molecular complexity index is 2110. The summed E-state index contributed by atoms with van der Waals surface area (Å²) >= 11 is 0. The molecule has 4 aromatic carbocycles. The number of phenolic OH excluding ortho intramolecular Hbond substituents is 1. The minimum atomic E-state index is -1.06. The zero-order chi connectivity index (χ0) is 40.5. The van der Waals surface area contributed by atoms with Crippen LogP contribution in [-0.2, 0) is 27.1 Å². The molecule has 5 aromatic rings. The molecule has 12 heteroatoms. The molecule has 12 nitrogen and oxygen atoms in total. The lowest BCUT2D eigenvalue weighted by Gasteiger charge is -2.24. The monoisotopic (exact) mass is 773 g/mol. The van der Waals surface area contributed by atoms with Gasteiger partial charge in [0.15, 0.2) is 5.82 Å². The van der Waals surface area contributed by atoms with E-state index < -0.39 is 35.8 Å². The van der Waals surface area contributed by atoms with Crippen molar-refractivity contribution in [1.29, 1.82) is 0 Å². The van der Waals surface area contributed by atoms with Gasteiger partial charge in [-0.05, 0) is 111 Å². The van der Waals surface area contributed by atoms with Crippen LogP contribution < -0.4 is 16.0 Å². The van der Waals surface area contributed by atoms with Crippen LogP contribution in [0.5, 0.6) is 5.75 Å². The van der Waals surface area contributed by atoms with E-state index in [9.17, 15) is 19.5 Å². The largest absolute Gasteiger partial charge is 0.508 e. The Labute approximate surface area is 333 Å². The average Bonchev–Trinajstić information content (AvgIpc) is 3.76. The molecule has 298 valence electrons. The molecule has 0 saturated carbocycles. The minimum absolute atomic E-state index is 0.0809. The Kier molecular flexibility index (Phi) is 12.9. The first-order chi connectivity index (χ1) is 27.3. The van der Waals surface area contributed by atoms with Crippen LogP contribution in [0, 0.1) is 13.8 Å². The van der Waals surface area contributed by atoms with Crippen LogP contribution in [0.1, 0.15) is 97.1 Å². The number of nitrogens with one attached hydrogen (secondary N) is 3. The number of nitrogens with zero attached hydrogens (tertiary/aromatic N) is 2. The third-order valence-electron chi connectivity index (χ3n) is 9.93. The van der Waals surface area contributed by atoms with Gasteiger partial charge in [0.25, 0.3) is 0 Å². The summed E-state index contributed by atoms with van der Waals surface area (Å²) in [4.78, 5) is 44.9. The maximum atomic E-state index is 14.4. The number of carbonyl (C=O) groups excluding carboxylic acids is 3. The first-order valence-corrected chi connectivity index (χ1v) is 19.4. The van der Waals surface area contributed by atoms with Crippen molar-refractivity contribution in [3.05, 3.63) is 136 Å². The number of fused-ring (bicyclic) bond motifs is 3. The van der Waals surface area contributed by atoms with Crippen LogP contribution in [0.25, 0.3) is 11.1 Å². The number of hydrogen-bond donors (Lipinski definition) is 4. The smallest absolute Gasteiger partial charge is 0.407 e. The van der Waals surface area contributed by atoms with Gasteiger partial charge in [0.05, 0.1) is 0 Å². The fourth-order valence-corrected chi connectivity index (χ4v) is 7.26. The summed E-state index contributed by atoms with van der Waals surface area (Å²) in [5.74, 6) is 0.170. The van der Waals surface area contributed by atoms with E-state index in [1.165, 1.54) is 0 Å². The second-order valence-corrected chi connectivity index (χ2v) is 15.5. The molecule has 1 aliphatic carbocycles. The number of phenols is 1. The topological polar surface area (TPSA) is 165 Å². The first kappa shape index (κ1) is 40.5. The minimum Gasteiger partial charge on any atom is -0.508 e. The molecule has 0 aliphatic heterocycles. The van der Waals surface area contributed by atoms with Crippen LogP contribution in [-0.4, -0.2) is 58.1 Å². The molecule has 1 aliphatic rings. The third kappa shape index (κ3) is 10.8. The maximum Gasteiger partial charge on any atom is 0.407 e. The zero-order valence-corrected chi connectivity index (χ0v) is 33.1. The van der Waals surface area contributed by atoms with Crippen molar-refractivity contribution in [1.82, 2.24) is 26.1 Å². The van der Waals surface area contributed by atoms with Gasteiger partial charge in [-0.25, -0.2) is 9.59 Å². The van der Waals surface area contributed by atoms with Gasteiger partial charge in [0.1, 0.15) is 30.0 Å². The number of ether oxygens (including phenoxy) is 2. The van der Waals surface area contributed by atoms with Crippen LogP contribution in [0.3, 0.4) is 0 Å². The van der Waals surface area contributed by atoms with E-state index in [-0.39, 0.29) is 30.6 Å². The molecule has 1 heterocycles. The van der Waals surface area contributed by atoms with Gasteiger partial charge >= 0.3 is 12.2 Å². The molecule has 3 amide bonds. The highest BCUT2D eigenvalue weighted by Gasteiger charge is 2.32. The van der Waals surface area contributed by atoms with Gasteiger partial charge in [-0.1, -0.05) is 84.0 Å². The summed E-state index contributed by atoms with van der Waals surface area (Å²) in [7, 11) is 0. The lowest BCUT2D eigenvalue weighted by molar-refractivity contribution is -0.124. The van der Waals surface area contributed by atoms with Crippen molar-refractivity contribution in [3.8, 4) is 16.9 Å². The summed E-state index contributed by atoms with van der Waals surface area (Å²) in [6.07, 6.45) is 0.904. The van der Waals surface area contributed by atoms with Gasteiger partial charge in [-0.3, -0.25) is 4.79 Å². The Hall–Kier alpha value is -6.17. The van der Waals surface area contributed by atoms with E-state index in [4.69, 9.17) is 14.0 Å². The number of aryl methyl sites for hydroxylation is 2. The highest BCUT2D eigenvalue weighted by Crippen LogP contribution is 2.44. The van der Waals surface area contributed by atoms with Gasteiger partial charge in [0.2, 0.25) is 11.8 Å². The summed E-state index contributed by atoms with van der Waals surface area (Å²) in [5, 5.41) is 23.1. The van der Waals surface area contributed by atoms with Crippen molar-refractivity contribution in [2.24, 2.45) is 0 Å². The van der Waals surface area contributed by atoms with Crippen LogP contribution in [0.2, 0.25) is 0 Å². The van der Waals surface area contributed by atoms with Crippen molar-refractivity contribution < 1.29 is 33.5 Å². The van der Waals surface area contributed by atoms with E-state index in [1.54, 1.807) is 32.9 Å². The second-order valence-electron chi connectivity index (χ2n) is 15.5. The number of carbonyl (C=O) groups is 3. The Morgan fingerprint density at radius 1 is 0.842 bits per heavy atom. The highest BCUT2D eigenvalue weighted by atomic mass is 16.6. The maximum absolute atomic E-state index is 14.4. The summed E-state index contributed by atoms with van der Waals surface area (Å²) in [5.41, 5.74) is 7.11. The molecular formula is C45H51N5O7. The lowest BCUT2D eigenvalue weighted by atomic mass is 9.95. The molecule has 1 aromatic heterocycles. The zero-order valence-electron chi connectivity index (χ0n) is 33.1. The molecule has 6 rings (SSSR count). The second kappa shape index (κ2) is 18.2. The predicted molar refractivity (Wildman–Crippen MR) is 216 cm³/mol. The van der Waals surface area contributed by atoms with Gasteiger partial charge in [-0.15, -0.1) is 0 Å². The molecule has 0 saturated heterocycles. The third-order valence-corrected chi connectivity index (χ3v) is 9.93. The number of amides is 3. The molecule has 57 heavy (non-hydrogen) atoms. The lowest BCUT2D eigenvalue weighted by Crippen LogP contribution is -2.49.